The molecule has 0 aliphatic heterocycles. The molecule has 0 fully saturated rings. The summed E-state index contributed by atoms with van der Waals surface area (Å²) < 4.78 is 0. The lowest BCUT2D eigenvalue weighted by atomic mass is 10.0. The van der Waals surface area contributed by atoms with Gasteiger partial charge in [0.1, 0.15) is 0 Å². The first-order valence-corrected chi connectivity index (χ1v) is 7.59. The van der Waals surface area contributed by atoms with Crippen LogP contribution in [0, 0.1) is 0 Å². The number of nitrogens with zero attached hydrogens (tertiary/aromatic N) is 2. The third-order valence-electron chi connectivity index (χ3n) is 3.65. The number of anilines is 1. The van der Waals surface area contributed by atoms with Crippen LogP contribution in [0.15, 0.2) is 0 Å². The van der Waals surface area contributed by atoms with Gasteiger partial charge in [0.15, 0.2) is 11.4 Å². The molecule has 3 nitrogen and oxygen atoms in total. The molecule has 0 N–H and O–H groups in total. The zero-order chi connectivity index (χ0) is 13.7. The molecule has 102 valence electrons. The van der Waals surface area contributed by atoms with Crippen LogP contribution in [-0.4, -0.2) is 24.4 Å². The number of thiazole rings is 1. The maximum absolute atomic E-state index is 11.1. The molecule has 0 bridgehead atoms. The lowest BCUT2D eigenvalue weighted by Crippen LogP contribution is -2.30. The van der Waals surface area contributed by atoms with E-state index in [4.69, 9.17) is 0 Å². The van der Waals surface area contributed by atoms with Gasteiger partial charge >= 0.3 is 0 Å². The van der Waals surface area contributed by atoms with E-state index in [1.54, 1.807) is 0 Å². The van der Waals surface area contributed by atoms with E-state index in [-0.39, 0.29) is 0 Å². The van der Waals surface area contributed by atoms with Gasteiger partial charge < -0.3 is 4.90 Å². The summed E-state index contributed by atoms with van der Waals surface area (Å²) in [5.41, 5.74) is 0.963. The third-order valence-corrected chi connectivity index (χ3v) is 4.74. The zero-order valence-corrected chi connectivity index (χ0v) is 12.9. The van der Waals surface area contributed by atoms with E-state index < -0.39 is 0 Å². The summed E-state index contributed by atoms with van der Waals surface area (Å²) in [5.74, 6) is 0.352. The molecule has 1 unspecified atom stereocenters. The normalized spacial score (nSPS) is 12.8. The number of carbonyl (C=O) groups excluding carboxylic acids is 1. The van der Waals surface area contributed by atoms with Gasteiger partial charge in [-0.1, -0.05) is 39.0 Å². The van der Waals surface area contributed by atoms with Gasteiger partial charge in [-0.2, -0.15) is 0 Å². The summed E-state index contributed by atoms with van der Waals surface area (Å²) in [4.78, 5) is 18.8. The van der Waals surface area contributed by atoms with Gasteiger partial charge in [-0.05, 0) is 25.2 Å². The molecule has 0 amide bonds. The predicted molar refractivity (Wildman–Crippen MR) is 79.0 cm³/mol. The highest BCUT2D eigenvalue weighted by atomic mass is 32.1. The Kier molecular flexibility index (Phi) is 5.79. The number of aldehydes is 1. The first-order chi connectivity index (χ1) is 8.58. The van der Waals surface area contributed by atoms with Crippen LogP contribution in [0.1, 0.15) is 68.2 Å². The van der Waals surface area contributed by atoms with Gasteiger partial charge in [0.2, 0.25) is 0 Å². The van der Waals surface area contributed by atoms with Crippen LogP contribution in [0.3, 0.4) is 0 Å². The molecule has 1 atom stereocenters. The van der Waals surface area contributed by atoms with E-state index >= 15 is 0 Å². The molecule has 0 aliphatic carbocycles. The van der Waals surface area contributed by atoms with Crippen LogP contribution in [0.4, 0.5) is 5.13 Å². The van der Waals surface area contributed by atoms with Crippen molar-refractivity contribution < 1.29 is 4.79 Å². The van der Waals surface area contributed by atoms with Gasteiger partial charge in [-0.3, -0.25) is 4.79 Å². The smallest absolute Gasteiger partial charge is 0.186 e. The first kappa shape index (κ1) is 15.2. The summed E-state index contributed by atoms with van der Waals surface area (Å²) in [5, 5.41) is 0.973. The highest BCUT2D eigenvalue weighted by molar-refractivity contribution is 7.17. The largest absolute Gasteiger partial charge is 0.348 e. The fraction of sp³-hybridized carbons (Fsp3) is 0.714. The Hall–Kier alpha value is -0.900. The van der Waals surface area contributed by atoms with Gasteiger partial charge in [0.25, 0.3) is 0 Å². The highest BCUT2D eigenvalue weighted by Gasteiger charge is 2.20. The van der Waals surface area contributed by atoms with Crippen LogP contribution in [0.2, 0.25) is 0 Å². The van der Waals surface area contributed by atoms with Gasteiger partial charge in [-0.25, -0.2) is 4.98 Å². The van der Waals surface area contributed by atoms with Crippen LogP contribution in [0.5, 0.6) is 0 Å². The van der Waals surface area contributed by atoms with E-state index in [0.717, 1.165) is 41.3 Å². The minimum Gasteiger partial charge on any atom is -0.348 e. The molecule has 1 aromatic heterocycles. The van der Waals surface area contributed by atoms with Crippen molar-refractivity contribution in [1.82, 2.24) is 4.98 Å². The minimum absolute atomic E-state index is 0.352. The van der Waals surface area contributed by atoms with Gasteiger partial charge in [-0.15, -0.1) is 0 Å². The van der Waals surface area contributed by atoms with Crippen molar-refractivity contribution in [1.29, 1.82) is 0 Å². The van der Waals surface area contributed by atoms with Crippen LogP contribution in [-0.2, 0) is 0 Å². The molecule has 18 heavy (non-hydrogen) atoms. The fourth-order valence-corrected chi connectivity index (χ4v) is 3.14. The SMILES string of the molecule is CCC(C)c1nc(N(C)C(CC)CC)sc1C=O. The highest BCUT2D eigenvalue weighted by Crippen LogP contribution is 2.32. The van der Waals surface area contributed by atoms with Crippen LogP contribution < -0.4 is 4.90 Å². The number of aromatic nitrogens is 1. The second-order valence-electron chi connectivity index (χ2n) is 4.75. The standard InChI is InChI=1S/C14H24N2OS/c1-6-10(4)13-12(9-17)18-14(15-13)16(5)11(7-2)8-3/h9-11H,6-8H2,1-5H3. The average molecular weight is 268 g/mol. The Bertz CT molecular complexity index is 385. The Morgan fingerprint density at radius 2 is 1.89 bits per heavy atom. The lowest BCUT2D eigenvalue weighted by Gasteiger charge is -2.25. The molecule has 1 rings (SSSR count). The Morgan fingerprint density at radius 3 is 2.33 bits per heavy atom. The van der Waals surface area contributed by atoms with Crippen LogP contribution >= 0.6 is 11.3 Å². The third kappa shape index (κ3) is 3.10. The van der Waals surface area contributed by atoms with E-state index in [1.807, 2.05) is 0 Å². The maximum Gasteiger partial charge on any atom is 0.186 e. The van der Waals surface area contributed by atoms with E-state index in [2.05, 4.69) is 44.6 Å². The Balaban J connectivity index is 3.04. The van der Waals surface area contributed by atoms with E-state index in [9.17, 15) is 4.79 Å². The van der Waals surface area contributed by atoms with Crippen molar-refractivity contribution in [2.75, 3.05) is 11.9 Å². The van der Waals surface area contributed by atoms with Crippen molar-refractivity contribution in [3.05, 3.63) is 10.6 Å². The molecule has 0 aliphatic rings. The number of carbonyl (C=O) groups is 1. The van der Waals surface area contributed by atoms with Crippen LogP contribution in [0.25, 0.3) is 0 Å². The molecular formula is C14H24N2OS. The summed E-state index contributed by atoms with van der Waals surface area (Å²) in [6.07, 6.45) is 4.16. The summed E-state index contributed by atoms with van der Waals surface area (Å²) in [6.45, 7) is 8.63. The van der Waals surface area contributed by atoms with E-state index in [0.29, 0.717) is 12.0 Å². The number of hydrogen-bond donors (Lipinski definition) is 0. The van der Waals surface area contributed by atoms with Gasteiger partial charge in [0, 0.05) is 13.1 Å². The molecule has 0 saturated heterocycles. The molecule has 0 saturated carbocycles. The second kappa shape index (κ2) is 6.88. The van der Waals surface area contributed by atoms with Gasteiger partial charge in [0.05, 0.1) is 10.6 Å². The molecule has 0 spiro atoms. The Labute approximate surface area is 114 Å². The average Bonchev–Trinajstić information content (AvgIpc) is 2.83. The van der Waals surface area contributed by atoms with E-state index in [1.165, 1.54) is 11.3 Å². The Morgan fingerprint density at radius 1 is 1.28 bits per heavy atom. The summed E-state index contributed by atoms with van der Waals surface area (Å²) >= 11 is 1.52. The molecule has 4 heteroatoms. The maximum atomic E-state index is 11.1. The quantitative estimate of drug-likeness (QED) is 0.698. The fourth-order valence-electron chi connectivity index (χ4n) is 2.11. The number of hydrogen-bond acceptors (Lipinski definition) is 4. The molecule has 0 radical (unpaired) electrons. The van der Waals surface area contributed by atoms with Crippen molar-refractivity contribution in [3.63, 3.8) is 0 Å². The first-order valence-electron chi connectivity index (χ1n) is 6.77. The topological polar surface area (TPSA) is 33.2 Å². The molecule has 1 aromatic rings. The molecular weight excluding hydrogens is 244 g/mol. The van der Waals surface area contributed by atoms with Crippen molar-refractivity contribution in [2.45, 2.75) is 58.9 Å². The predicted octanol–water partition coefficient (Wildman–Crippen LogP) is 4.09. The number of rotatable bonds is 7. The second-order valence-corrected chi connectivity index (χ2v) is 5.76. The lowest BCUT2D eigenvalue weighted by molar-refractivity contribution is 0.112. The van der Waals surface area contributed by atoms with Crippen molar-refractivity contribution in [3.8, 4) is 0 Å². The monoisotopic (exact) mass is 268 g/mol. The molecule has 0 aromatic carbocycles. The minimum atomic E-state index is 0.352. The summed E-state index contributed by atoms with van der Waals surface area (Å²) in [6, 6.07) is 0.500. The summed E-state index contributed by atoms with van der Waals surface area (Å²) in [7, 11) is 2.07. The molecule has 1 heterocycles. The van der Waals surface area contributed by atoms with Crippen molar-refractivity contribution in [2.24, 2.45) is 0 Å². The van der Waals surface area contributed by atoms with Crippen molar-refractivity contribution >= 4 is 22.8 Å². The zero-order valence-electron chi connectivity index (χ0n) is 12.1.